The van der Waals surface area contributed by atoms with Gasteiger partial charge in [-0.15, -0.1) is 18.7 Å². The summed E-state index contributed by atoms with van der Waals surface area (Å²) in [6, 6.07) is 0. The van der Waals surface area contributed by atoms with Crippen LogP contribution < -0.4 is 0 Å². The Labute approximate surface area is 137 Å². The Hall–Kier alpha value is 0.220. The molecule has 0 aliphatic carbocycles. The van der Waals surface area contributed by atoms with Crippen molar-refractivity contribution in [2.75, 3.05) is 0 Å². The first kappa shape index (κ1) is 19.5. The molecule has 0 spiro atoms. The second kappa shape index (κ2) is 9.64. The predicted octanol–water partition coefficient (Wildman–Crippen LogP) is 5.80. The number of unbranched alkanes of at least 4 members (excludes halogenated alkanes) is 9. The zero-order valence-electron chi connectivity index (χ0n) is 13.5. The summed E-state index contributed by atoms with van der Waals surface area (Å²) in [6.07, 6.45) is 11.4. The van der Waals surface area contributed by atoms with Gasteiger partial charge in [0.2, 0.25) is 0 Å². The van der Waals surface area contributed by atoms with E-state index >= 15 is 0 Å². The van der Waals surface area contributed by atoms with Gasteiger partial charge in [0.25, 0.3) is 0 Å². The van der Waals surface area contributed by atoms with E-state index in [4.69, 9.17) is 9.05 Å². The summed E-state index contributed by atoms with van der Waals surface area (Å²) in [4.78, 5) is 0. The third kappa shape index (κ3) is 8.75. The van der Waals surface area contributed by atoms with Crippen LogP contribution in [0.2, 0.25) is 0 Å². The Kier molecular flexibility index (Phi) is 8.19. The average molecular weight is 372 g/mol. The van der Waals surface area contributed by atoms with Crippen LogP contribution in [0.5, 0.6) is 0 Å². The first-order chi connectivity index (χ1) is 11.1. The summed E-state index contributed by atoms with van der Waals surface area (Å²) < 4.78 is 49.8. The first-order valence-electron chi connectivity index (χ1n) is 8.38. The van der Waals surface area contributed by atoms with Crippen LogP contribution in [0.15, 0.2) is 0 Å². The molecular weight excluding hydrogens is 346 g/mol. The molecule has 136 valence electrons. The van der Waals surface area contributed by atoms with Gasteiger partial charge in [-0.1, -0.05) is 64.7 Å². The lowest BCUT2D eigenvalue weighted by Gasteiger charge is -2.12. The number of hydrogen-bond donors (Lipinski definition) is 0. The van der Waals surface area contributed by atoms with Crippen LogP contribution in [-0.4, -0.2) is 6.29 Å². The van der Waals surface area contributed by atoms with Gasteiger partial charge in [0.15, 0.2) is 6.29 Å². The molecule has 2 rings (SSSR count). The Morgan fingerprint density at radius 3 is 1.48 bits per heavy atom. The van der Waals surface area contributed by atoms with Crippen molar-refractivity contribution in [2.24, 2.45) is 0 Å². The molecule has 0 amide bonds. The van der Waals surface area contributed by atoms with Crippen molar-refractivity contribution >= 4 is 15.6 Å². The molecule has 0 aromatic carbocycles. The molecule has 0 unspecified atom stereocenters. The van der Waals surface area contributed by atoms with Gasteiger partial charge in [0, 0.05) is 0 Å². The summed E-state index contributed by atoms with van der Waals surface area (Å²) in [5.74, 6) is 0. The van der Waals surface area contributed by atoms with Gasteiger partial charge in [-0.2, -0.15) is 0 Å². The Morgan fingerprint density at radius 1 is 0.696 bits per heavy atom. The largest absolute Gasteiger partial charge is 0.532 e. The fraction of sp³-hybridized carbons (Fsp3) is 1.00. The van der Waals surface area contributed by atoms with Gasteiger partial charge in [-0.3, -0.25) is 9.05 Å². The molecule has 2 saturated heterocycles. The second-order valence-electron chi connectivity index (χ2n) is 5.80. The minimum Gasteiger partial charge on any atom is -0.253 e. The molecule has 0 aromatic heterocycles. The normalized spacial score (nSPS) is 20.8. The molecule has 8 nitrogen and oxygen atoms in total. The van der Waals surface area contributed by atoms with Crippen molar-refractivity contribution in [3.63, 3.8) is 0 Å². The van der Waals surface area contributed by atoms with Gasteiger partial charge in [-0.25, -0.2) is 9.13 Å². The molecule has 2 aliphatic heterocycles. The highest BCUT2D eigenvalue weighted by Gasteiger charge is 2.53. The van der Waals surface area contributed by atoms with Crippen molar-refractivity contribution in [3.05, 3.63) is 0 Å². The summed E-state index contributed by atoms with van der Waals surface area (Å²) in [7, 11) is -6.93. The van der Waals surface area contributed by atoms with E-state index in [-0.39, 0.29) is 0 Å². The Bertz CT molecular complexity index is 400. The van der Waals surface area contributed by atoms with Crippen LogP contribution in [0.25, 0.3) is 0 Å². The SMILES string of the molecule is CCCCCCCCCCCCC(OP1(=O)OO1)OP1(=O)OO1. The molecule has 2 fully saturated rings. The summed E-state index contributed by atoms with van der Waals surface area (Å²) in [5.41, 5.74) is 0. The van der Waals surface area contributed by atoms with Crippen LogP contribution in [0.3, 0.4) is 0 Å². The van der Waals surface area contributed by atoms with Crippen molar-refractivity contribution in [2.45, 2.75) is 83.8 Å². The highest BCUT2D eigenvalue weighted by molar-refractivity contribution is 7.53. The summed E-state index contributed by atoms with van der Waals surface area (Å²) in [5, 5.41) is 0. The van der Waals surface area contributed by atoms with Gasteiger partial charge in [-0.05, 0) is 12.8 Å². The molecule has 0 saturated carbocycles. The Morgan fingerprint density at radius 2 is 1.09 bits per heavy atom. The van der Waals surface area contributed by atoms with Gasteiger partial charge in [0.1, 0.15) is 0 Å². The van der Waals surface area contributed by atoms with Crippen molar-refractivity contribution in [1.82, 2.24) is 0 Å². The minimum absolute atomic E-state index is 0.421. The molecule has 23 heavy (non-hydrogen) atoms. The molecule has 2 aliphatic rings. The Balaban J connectivity index is 1.48. The van der Waals surface area contributed by atoms with Crippen molar-refractivity contribution < 1.29 is 36.9 Å². The fourth-order valence-corrected chi connectivity index (χ4v) is 3.85. The maximum atomic E-state index is 11.4. The van der Waals surface area contributed by atoms with Crippen LogP contribution in [0, 0.1) is 0 Å². The van der Waals surface area contributed by atoms with E-state index in [2.05, 4.69) is 25.6 Å². The molecule has 0 N–H and O–H groups in total. The van der Waals surface area contributed by atoms with E-state index in [1.807, 2.05) is 0 Å². The van der Waals surface area contributed by atoms with E-state index in [0.717, 1.165) is 19.3 Å². The average Bonchev–Trinajstić information content (AvgIpc) is 3.41. The molecule has 10 heteroatoms. The molecule has 0 atom stereocenters. The zero-order valence-corrected chi connectivity index (χ0v) is 15.3. The van der Waals surface area contributed by atoms with Gasteiger partial charge < -0.3 is 0 Å². The molecule has 2 heterocycles. The monoisotopic (exact) mass is 372 g/mol. The molecule has 0 aromatic rings. The van der Waals surface area contributed by atoms with E-state index in [1.165, 1.54) is 44.9 Å². The minimum atomic E-state index is -3.47. The summed E-state index contributed by atoms with van der Waals surface area (Å²) in [6.45, 7) is 2.22. The lowest BCUT2D eigenvalue weighted by molar-refractivity contribution is 0.000373. The predicted molar refractivity (Wildman–Crippen MR) is 82.0 cm³/mol. The second-order valence-corrected chi connectivity index (χ2v) is 8.61. The lowest BCUT2D eigenvalue weighted by Crippen LogP contribution is -2.10. The number of rotatable bonds is 15. The highest BCUT2D eigenvalue weighted by atomic mass is 31.2. The van der Waals surface area contributed by atoms with E-state index in [1.54, 1.807) is 0 Å². The fourth-order valence-electron chi connectivity index (χ4n) is 2.34. The van der Waals surface area contributed by atoms with Crippen LogP contribution in [0.1, 0.15) is 77.6 Å². The van der Waals surface area contributed by atoms with Crippen LogP contribution >= 0.6 is 15.6 Å². The van der Waals surface area contributed by atoms with E-state index < -0.39 is 21.9 Å². The number of hydrogen-bond acceptors (Lipinski definition) is 8. The topological polar surface area (TPSA) is 103 Å². The van der Waals surface area contributed by atoms with Crippen LogP contribution in [-0.2, 0) is 36.9 Å². The molecule has 0 bridgehead atoms. The van der Waals surface area contributed by atoms with Crippen molar-refractivity contribution in [3.8, 4) is 0 Å². The van der Waals surface area contributed by atoms with E-state index in [0.29, 0.717) is 6.42 Å². The number of phosphoric acid groups is 2. The molecule has 0 radical (unpaired) electrons. The van der Waals surface area contributed by atoms with E-state index in [9.17, 15) is 9.13 Å². The highest BCUT2D eigenvalue weighted by Crippen LogP contribution is 2.70. The third-order valence-electron chi connectivity index (χ3n) is 3.68. The summed E-state index contributed by atoms with van der Waals surface area (Å²) >= 11 is 0. The lowest BCUT2D eigenvalue weighted by atomic mass is 10.1. The first-order valence-corrected chi connectivity index (χ1v) is 11.3. The van der Waals surface area contributed by atoms with Crippen molar-refractivity contribution in [1.29, 1.82) is 0 Å². The smallest absolute Gasteiger partial charge is 0.253 e. The maximum Gasteiger partial charge on any atom is 0.532 e. The van der Waals surface area contributed by atoms with Gasteiger partial charge >= 0.3 is 15.6 Å². The standard InChI is InChI=1S/C13H26O8P2/c1-2-3-4-5-6-7-8-9-10-11-12-13(16-22(14)18-19-22)17-23(15)20-21-23/h13H,2-12H2,1H3. The molecular formula is C13H26O8P2. The zero-order chi connectivity index (χ0) is 16.6. The third-order valence-corrected chi connectivity index (χ3v) is 5.45. The maximum absolute atomic E-state index is 11.4. The quantitative estimate of drug-likeness (QED) is 0.117. The van der Waals surface area contributed by atoms with Gasteiger partial charge in [0.05, 0.1) is 0 Å². The van der Waals surface area contributed by atoms with Crippen LogP contribution in [0.4, 0.5) is 0 Å².